The maximum Gasteiger partial charge on any atom is 0.142 e. The van der Waals surface area contributed by atoms with Gasteiger partial charge in [-0.15, -0.1) is 0 Å². The van der Waals surface area contributed by atoms with Crippen LogP contribution in [0.3, 0.4) is 0 Å². The molecule has 0 amide bonds. The van der Waals surface area contributed by atoms with Crippen molar-refractivity contribution in [3.8, 4) is 11.8 Å². The predicted octanol–water partition coefficient (Wildman–Crippen LogP) is 3.06. The standard InChI is InChI=1S/C16H15N3O/c17-11-12-10-13(6-7-14(12)18)19-8-3-9-20-16-5-2-1-4-15(16)19/h1-2,4-7,10H,3,8-9,18H2. The van der Waals surface area contributed by atoms with Crippen molar-refractivity contribution in [2.24, 2.45) is 0 Å². The average molecular weight is 265 g/mol. The van der Waals surface area contributed by atoms with Crippen LogP contribution in [0.1, 0.15) is 12.0 Å². The fourth-order valence-electron chi connectivity index (χ4n) is 2.40. The minimum atomic E-state index is 0.505. The molecule has 0 spiro atoms. The van der Waals surface area contributed by atoms with Gasteiger partial charge in [0, 0.05) is 17.9 Å². The second-order valence-corrected chi connectivity index (χ2v) is 4.70. The van der Waals surface area contributed by atoms with Gasteiger partial charge in [-0.05, 0) is 36.8 Å². The van der Waals surface area contributed by atoms with Crippen molar-refractivity contribution in [1.82, 2.24) is 0 Å². The van der Waals surface area contributed by atoms with Crippen LogP contribution in [-0.4, -0.2) is 13.2 Å². The molecule has 2 aromatic rings. The van der Waals surface area contributed by atoms with Crippen molar-refractivity contribution in [1.29, 1.82) is 5.26 Å². The molecule has 2 aromatic carbocycles. The Morgan fingerprint density at radius 2 is 2.05 bits per heavy atom. The quantitative estimate of drug-likeness (QED) is 0.805. The number of nitrogens with two attached hydrogens (primary N) is 1. The van der Waals surface area contributed by atoms with Gasteiger partial charge in [-0.25, -0.2) is 0 Å². The van der Waals surface area contributed by atoms with E-state index in [1.165, 1.54) is 0 Å². The van der Waals surface area contributed by atoms with E-state index in [1.807, 2.05) is 36.4 Å². The predicted molar refractivity (Wildman–Crippen MR) is 79.1 cm³/mol. The number of nitrogen functional groups attached to an aromatic ring is 1. The van der Waals surface area contributed by atoms with Gasteiger partial charge in [-0.1, -0.05) is 12.1 Å². The third kappa shape index (κ3) is 2.14. The highest BCUT2D eigenvalue weighted by molar-refractivity contribution is 5.72. The van der Waals surface area contributed by atoms with Gasteiger partial charge in [0.05, 0.1) is 17.9 Å². The monoisotopic (exact) mass is 265 g/mol. The molecule has 0 saturated carbocycles. The van der Waals surface area contributed by atoms with Crippen molar-refractivity contribution in [3.63, 3.8) is 0 Å². The summed E-state index contributed by atoms with van der Waals surface area (Å²) in [6, 6.07) is 15.6. The summed E-state index contributed by atoms with van der Waals surface area (Å²) in [4.78, 5) is 2.17. The molecular formula is C16H15N3O. The number of nitriles is 1. The van der Waals surface area contributed by atoms with Crippen LogP contribution in [0.15, 0.2) is 42.5 Å². The Balaban J connectivity index is 2.08. The lowest BCUT2D eigenvalue weighted by atomic mass is 10.1. The number of ether oxygens (including phenoxy) is 1. The summed E-state index contributed by atoms with van der Waals surface area (Å²) in [5, 5.41) is 9.12. The Morgan fingerprint density at radius 3 is 2.90 bits per heavy atom. The fourth-order valence-corrected chi connectivity index (χ4v) is 2.40. The van der Waals surface area contributed by atoms with Crippen molar-refractivity contribution < 1.29 is 4.74 Å². The summed E-state index contributed by atoms with van der Waals surface area (Å²) < 4.78 is 5.75. The van der Waals surface area contributed by atoms with E-state index in [0.29, 0.717) is 17.9 Å². The van der Waals surface area contributed by atoms with Gasteiger partial charge < -0.3 is 15.4 Å². The summed E-state index contributed by atoms with van der Waals surface area (Å²) >= 11 is 0. The molecule has 0 atom stereocenters. The second-order valence-electron chi connectivity index (χ2n) is 4.70. The number of hydrogen-bond acceptors (Lipinski definition) is 4. The Morgan fingerprint density at radius 1 is 1.20 bits per heavy atom. The van der Waals surface area contributed by atoms with Gasteiger partial charge in [0.25, 0.3) is 0 Å². The first kappa shape index (κ1) is 12.4. The first-order valence-corrected chi connectivity index (χ1v) is 6.58. The number of nitrogens with zero attached hydrogens (tertiary/aromatic N) is 2. The van der Waals surface area contributed by atoms with E-state index in [2.05, 4.69) is 11.0 Å². The second kappa shape index (κ2) is 5.14. The molecule has 4 heteroatoms. The van der Waals surface area contributed by atoms with E-state index in [9.17, 15) is 0 Å². The van der Waals surface area contributed by atoms with Crippen molar-refractivity contribution in [2.75, 3.05) is 23.8 Å². The molecular weight excluding hydrogens is 250 g/mol. The number of rotatable bonds is 1. The number of fused-ring (bicyclic) bond motifs is 1. The highest BCUT2D eigenvalue weighted by atomic mass is 16.5. The fraction of sp³-hybridized carbons (Fsp3) is 0.188. The summed E-state index contributed by atoms with van der Waals surface area (Å²) in [6.07, 6.45) is 0.931. The SMILES string of the molecule is N#Cc1cc(N2CCCOc3ccccc32)ccc1N. The van der Waals surface area contributed by atoms with Crippen LogP contribution in [0.5, 0.6) is 5.75 Å². The van der Waals surface area contributed by atoms with Gasteiger partial charge in [-0.3, -0.25) is 0 Å². The minimum absolute atomic E-state index is 0.505. The zero-order valence-electron chi connectivity index (χ0n) is 11.0. The van der Waals surface area contributed by atoms with Gasteiger partial charge in [-0.2, -0.15) is 5.26 Å². The maximum absolute atomic E-state index is 9.12. The van der Waals surface area contributed by atoms with Crippen LogP contribution in [0.25, 0.3) is 0 Å². The third-order valence-electron chi connectivity index (χ3n) is 3.41. The number of anilines is 3. The minimum Gasteiger partial charge on any atom is -0.491 e. The van der Waals surface area contributed by atoms with Gasteiger partial charge in [0.2, 0.25) is 0 Å². The molecule has 4 nitrogen and oxygen atoms in total. The molecule has 20 heavy (non-hydrogen) atoms. The Hall–Kier alpha value is -2.67. The van der Waals surface area contributed by atoms with E-state index >= 15 is 0 Å². The molecule has 0 aliphatic carbocycles. The number of para-hydroxylation sites is 2. The van der Waals surface area contributed by atoms with Crippen molar-refractivity contribution in [2.45, 2.75) is 6.42 Å². The zero-order valence-corrected chi connectivity index (χ0v) is 11.0. The number of benzene rings is 2. The van der Waals surface area contributed by atoms with Crippen LogP contribution in [-0.2, 0) is 0 Å². The van der Waals surface area contributed by atoms with Crippen LogP contribution >= 0.6 is 0 Å². The first-order chi connectivity index (χ1) is 9.79. The lowest BCUT2D eigenvalue weighted by Gasteiger charge is -2.24. The Labute approximate surface area is 118 Å². The lowest BCUT2D eigenvalue weighted by Crippen LogP contribution is -2.17. The highest BCUT2D eigenvalue weighted by Crippen LogP contribution is 2.36. The molecule has 100 valence electrons. The highest BCUT2D eigenvalue weighted by Gasteiger charge is 2.18. The molecule has 2 N–H and O–H groups in total. The van der Waals surface area contributed by atoms with Gasteiger partial charge in [0.15, 0.2) is 0 Å². The summed E-state index contributed by atoms with van der Waals surface area (Å²) in [7, 11) is 0. The lowest BCUT2D eigenvalue weighted by molar-refractivity contribution is 0.322. The molecule has 0 radical (unpaired) electrons. The molecule has 0 unspecified atom stereocenters. The largest absolute Gasteiger partial charge is 0.491 e. The van der Waals surface area contributed by atoms with E-state index in [4.69, 9.17) is 15.7 Å². The molecule has 1 heterocycles. The molecule has 3 rings (SSSR count). The van der Waals surface area contributed by atoms with Crippen LogP contribution in [0.2, 0.25) is 0 Å². The molecule has 0 saturated heterocycles. The third-order valence-corrected chi connectivity index (χ3v) is 3.41. The van der Waals surface area contributed by atoms with Crippen molar-refractivity contribution in [3.05, 3.63) is 48.0 Å². The van der Waals surface area contributed by atoms with Crippen LogP contribution < -0.4 is 15.4 Å². The number of hydrogen-bond donors (Lipinski definition) is 1. The normalized spacial score (nSPS) is 13.8. The van der Waals surface area contributed by atoms with E-state index in [-0.39, 0.29) is 0 Å². The molecule has 1 aliphatic heterocycles. The topological polar surface area (TPSA) is 62.3 Å². The molecule has 0 bridgehead atoms. The van der Waals surface area contributed by atoms with Crippen molar-refractivity contribution >= 4 is 17.1 Å². The molecule has 0 aromatic heterocycles. The summed E-state index contributed by atoms with van der Waals surface area (Å²) in [5.74, 6) is 0.875. The molecule has 1 aliphatic rings. The van der Waals surface area contributed by atoms with Crippen LogP contribution in [0.4, 0.5) is 17.1 Å². The molecule has 0 fully saturated rings. The summed E-state index contributed by atoms with van der Waals surface area (Å²) in [5.41, 5.74) is 8.80. The Kier molecular flexibility index (Phi) is 3.18. The van der Waals surface area contributed by atoms with Crippen LogP contribution in [0, 0.1) is 11.3 Å². The van der Waals surface area contributed by atoms with Gasteiger partial charge >= 0.3 is 0 Å². The maximum atomic E-state index is 9.12. The van der Waals surface area contributed by atoms with E-state index in [1.54, 1.807) is 6.07 Å². The van der Waals surface area contributed by atoms with E-state index < -0.39 is 0 Å². The first-order valence-electron chi connectivity index (χ1n) is 6.58. The average Bonchev–Trinajstić information content (AvgIpc) is 2.70. The zero-order chi connectivity index (χ0) is 13.9. The smallest absolute Gasteiger partial charge is 0.142 e. The Bertz CT molecular complexity index is 676. The summed E-state index contributed by atoms with van der Waals surface area (Å²) in [6.45, 7) is 1.55. The van der Waals surface area contributed by atoms with E-state index in [0.717, 1.165) is 30.1 Å². The van der Waals surface area contributed by atoms with Gasteiger partial charge in [0.1, 0.15) is 11.8 Å².